The standard InChI is InChI=1S/C17H18N2O/c18-12-14-7-1-3-9-15(14)17(20)19-11-5-8-13-6-2-4-10-16(13)19/h1-4,6-7,9-10H,5,8,11-12,18H2. The zero-order chi connectivity index (χ0) is 13.9. The molecule has 1 amide bonds. The lowest BCUT2D eigenvalue weighted by Crippen LogP contribution is -2.36. The van der Waals surface area contributed by atoms with Crippen molar-refractivity contribution in [3.8, 4) is 0 Å². The fraction of sp³-hybridized carbons (Fsp3) is 0.235. The highest BCUT2D eigenvalue weighted by Crippen LogP contribution is 2.28. The number of carbonyl (C=O) groups is 1. The maximum atomic E-state index is 12.8. The molecule has 20 heavy (non-hydrogen) atoms. The predicted molar refractivity (Wildman–Crippen MR) is 80.8 cm³/mol. The molecule has 0 aromatic heterocycles. The number of benzene rings is 2. The summed E-state index contributed by atoms with van der Waals surface area (Å²) in [5, 5.41) is 0. The number of anilines is 1. The van der Waals surface area contributed by atoms with E-state index in [1.54, 1.807) is 0 Å². The lowest BCUT2D eigenvalue weighted by molar-refractivity contribution is 0.0984. The van der Waals surface area contributed by atoms with Gasteiger partial charge in [0.2, 0.25) is 0 Å². The van der Waals surface area contributed by atoms with Crippen LogP contribution in [-0.4, -0.2) is 12.5 Å². The quantitative estimate of drug-likeness (QED) is 0.908. The molecular formula is C17H18N2O. The largest absolute Gasteiger partial charge is 0.326 e. The monoisotopic (exact) mass is 266 g/mol. The van der Waals surface area contributed by atoms with Crippen molar-refractivity contribution < 1.29 is 4.79 Å². The average molecular weight is 266 g/mol. The summed E-state index contributed by atoms with van der Waals surface area (Å²) in [7, 11) is 0. The third-order valence-corrected chi connectivity index (χ3v) is 3.82. The third-order valence-electron chi connectivity index (χ3n) is 3.82. The van der Waals surface area contributed by atoms with Gasteiger partial charge in [-0.05, 0) is 36.1 Å². The van der Waals surface area contributed by atoms with Gasteiger partial charge in [-0.25, -0.2) is 0 Å². The minimum atomic E-state index is 0.0539. The van der Waals surface area contributed by atoms with Crippen molar-refractivity contribution in [1.82, 2.24) is 0 Å². The number of amides is 1. The Labute approximate surface area is 119 Å². The molecule has 0 bridgehead atoms. The van der Waals surface area contributed by atoms with Crippen molar-refractivity contribution in [3.05, 3.63) is 65.2 Å². The maximum Gasteiger partial charge on any atom is 0.258 e. The van der Waals surface area contributed by atoms with E-state index in [0.29, 0.717) is 12.1 Å². The van der Waals surface area contributed by atoms with Crippen molar-refractivity contribution in [2.24, 2.45) is 5.73 Å². The van der Waals surface area contributed by atoms with Crippen LogP contribution in [-0.2, 0) is 13.0 Å². The SMILES string of the molecule is NCc1ccccc1C(=O)N1CCCc2ccccc21. The number of hydrogen-bond acceptors (Lipinski definition) is 2. The molecule has 3 rings (SSSR count). The molecule has 3 heteroatoms. The van der Waals surface area contributed by atoms with Crippen LogP contribution in [0.2, 0.25) is 0 Å². The first-order chi connectivity index (χ1) is 9.81. The molecule has 2 aromatic carbocycles. The van der Waals surface area contributed by atoms with E-state index in [1.807, 2.05) is 47.4 Å². The summed E-state index contributed by atoms with van der Waals surface area (Å²) >= 11 is 0. The van der Waals surface area contributed by atoms with Gasteiger partial charge in [0.05, 0.1) is 0 Å². The van der Waals surface area contributed by atoms with Gasteiger partial charge in [0.25, 0.3) is 5.91 Å². The Bertz CT molecular complexity index is 636. The number of fused-ring (bicyclic) bond motifs is 1. The first-order valence-electron chi connectivity index (χ1n) is 6.99. The highest BCUT2D eigenvalue weighted by molar-refractivity contribution is 6.07. The predicted octanol–water partition coefficient (Wildman–Crippen LogP) is 2.74. The summed E-state index contributed by atoms with van der Waals surface area (Å²) in [5.41, 5.74) is 9.64. The molecule has 0 atom stereocenters. The lowest BCUT2D eigenvalue weighted by Gasteiger charge is -2.30. The molecule has 0 saturated heterocycles. The zero-order valence-corrected chi connectivity index (χ0v) is 11.4. The average Bonchev–Trinajstić information content (AvgIpc) is 2.53. The number of rotatable bonds is 2. The van der Waals surface area contributed by atoms with Gasteiger partial charge in [-0.15, -0.1) is 0 Å². The van der Waals surface area contributed by atoms with Crippen molar-refractivity contribution >= 4 is 11.6 Å². The topological polar surface area (TPSA) is 46.3 Å². The van der Waals surface area contributed by atoms with Crippen LogP contribution in [0.1, 0.15) is 27.9 Å². The normalized spacial score (nSPS) is 13.9. The Balaban J connectivity index is 2.00. The number of nitrogens with zero attached hydrogens (tertiary/aromatic N) is 1. The minimum absolute atomic E-state index is 0.0539. The van der Waals surface area contributed by atoms with E-state index in [1.165, 1.54) is 5.56 Å². The Morgan fingerprint density at radius 3 is 2.70 bits per heavy atom. The molecule has 1 heterocycles. The highest BCUT2D eigenvalue weighted by Gasteiger charge is 2.24. The fourth-order valence-corrected chi connectivity index (χ4v) is 2.80. The number of aryl methyl sites for hydroxylation is 1. The van der Waals surface area contributed by atoms with Crippen molar-refractivity contribution in [3.63, 3.8) is 0 Å². The second-order valence-corrected chi connectivity index (χ2v) is 5.05. The number of para-hydroxylation sites is 1. The van der Waals surface area contributed by atoms with Crippen molar-refractivity contribution in [2.45, 2.75) is 19.4 Å². The second-order valence-electron chi connectivity index (χ2n) is 5.05. The van der Waals surface area contributed by atoms with Crippen LogP contribution in [0.5, 0.6) is 0 Å². The van der Waals surface area contributed by atoms with Gasteiger partial charge in [-0.1, -0.05) is 36.4 Å². The van der Waals surface area contributed by atoms with Crippen LogP contribution in [0.15, 0.2) is 48.5 Å². The molecule has 102 valence electrons. The lowest BCUT2D eigenvalue weighted by atomic mass is 9.99. The van der Waals surface area contributed by atoms with E-state index in [9.17, 15) is 4.79 Å². The molecule has 1 aliphatic heterocycles. The van der Waals surface area contributed by atoms with E-state index in [-0.39, 0.29) is 5.91 Å². The smallest absolute Gasteiger partial charge is 0.258 e. The second kappa shape index (κ2) is 5.47. The van der Waals surface area contributed by atoms with Crippen LogP contribution in [0.4, 0.5) is 5.69 Å². The molecule has 0 saturated carbocycles. The van der Waals surface area contributed by atoms with Gasteiger partial charge in [-0.2, -0.15) is 0 Å². The number of carbonyl (C=O) groups excluding carboxylic acids is 1. The van der Waals surface area contributed by atoms with Crippen molar-refractivity contribution in [2.75, 3.05) is 11.4 Å². The molecule has 1 aliphatic rings. The van der Waals surface area contributed by atoms with Crippen LogP contribution in [0.3, 0.4) is 0 Å². The number of nitrogens with two attached hydrogens (primary N) is 1. The summed E-state index contributed by atoms with van der Waals surface area (Å²) in [6.07, 6.45) is 2.05. The first-order valence-corrected chi connectivity index (χ1v) is 6.99. The maximum absolute atomic E-state index is 12.8. The van der Waals surface area contributed by atoms with Gasteiger partial charge in [-0.3, -0.25) is 4.79 Å². The summed E-state index contributed by atoms with van der Waals surface area (Å²) in [6.45, 7) is 1.16. The first kappa shape index (κ1) is 12.9. The van der Waals surface area contributed by atoms with E-state index in [0.717, 1.165) is 30.6 Å². The molecule has 0 radical (unpaired) electrons. The van der Waals surface area contributed by atoms with Crippen LogP contribution < -0.4 is 10.6 Å². The summed E-state index contributed by atoms with van der Waals surface area (Å²) < 4.78 is 0. The third kappa shape index (κ3) is 2.21. The molecule has 0 spiro atoms. The van der Waals surface area contributed by atoms with Crippen LogP contribution >= 0.6 is 0 Å². The van der Waals surface area contributed by atoms with Crippen molar-refractivity contribution in [1.29, 1.82) is 0 Å². The van der Waals surface area contributed by atoms with Crippen LogP contribution in [0, 0.1) is 0 Å². The minimum Gasteiger partial charge on any atom is -0.326 e. The Morgan fingerprint density at radius 2 is 1.85 bits per heavy atom. The molecule has 0 fully saturated rings. The number of hydrogen-bond donors (Lipinski definition) is 1. The fourth-order valence-electron chi connectivity index (χ4n) is 2.80. The summed E-state index contributed by atoms with van der Waals surface area (Å²) in [6, 6.07) is 15.7. The van der Waals surface area contributed by atoms with E-state index >= 15 is 0 Å². The Kier molecular flexibility index (Phi) is 3.52. The summed E-state index contributed by atoms with van der Waals surface area (Å²) in [4.78, 5) is 14.7. The Morgan fingerprint density at radius 1 is 1.10 bits per heavy atom. The highest BCUT2D eigenvalue weighted by atomic mass is 16.2. The molecule has 3 nitrogen and oxygen atoms in total. The van der Waals surface area contributed by atoms with Gasteiger partial charge in [0.1, 0.15) is 0 Å². The molecule has 0 aliphatic carbocycles. The Hall–Kier alpha value is -2.13. The molecule has 0 unspecified atom stereocenters. The van der Waals surface area contributed by atoms with Gasteiger partial charge >= 0.3 is 0 Å². The summed E-state index contributed by atoms with van der Waals surface area (Å²) in [5.74, 6) is 0.0539. The zero-order valence-electron chi connectivity index (χ0n) is 11.4. The van der Waals surface area contributed by atoms with E-state index in [4.69, 9.17) is 5.73 Å². The molecular weight excluding hydrogens is 248 g/mol. The van der Waals surface area contributed by atoms with E-state index in [2.05, 4.69) is 6.07 Å². The molecule has 2 aromatic rings. The van der Waals surface area contributed by atoms with E-state index < -0.39 is 0 Å². The molecule has 2 N–H and O–H groups in total. The van der Waals surface area contributed by atoms with Gasteiger partial charge in [0.15, 0.2) is 0 Å². The van der Waals surface area contributed by atoms with Gasteiger partial charge < -0.3 is 10.6 Å². The van der Waals surface area contributed by atoms with Gasteiger partial charge in [0, 0.05) is 24.3 Å². The van der Waals surface area contributed by atoms with Crippen LogP contribution in [0.25, 0.3) is 0 Å².